The van der Waals surface area contributed by atoms with Gasteiger partial charge < -0.3 is 21.1 Å². The molecule has 2 saturated carbocycles. The summed E-state index contributed by atoms with van der Waals surface area (Å²) in [6, 6.07) is 7.22. The number of rotatable bonds is 6. The van der Waals surface area contributed by atoms with Crippen LogP contribution in [0, 0.1) is 17.8 Å². The predicted octanol–water partition coefficient (Wildman–Crippen LogP) is 1.69. The number of carbonyl (C=O) groups excluding carboxylic acids is 2. The monoisotopic (exact) mass is 359 g/mol. The lowest BCUT2D eigenvalue weighted by Crippen LogP contribution is -2.49. The van der Waals surface area contributed by atoms with E-state index >= 15 is 0 Å². The molecule has 142 valence electrons. The first-order chi connectivity index (χ1) is 12.6. The van der Waals surface area contributed by atoms with Crippen molar-refractivity contribution in [3.63, 3.8) is 0 Å². The van der Waals surface area contributed by atoms with Gasteiger partial charge in [-0.25, -0.2) is 0 Å². The van der Waals surface area contributed by atoms with Crippen LogP contribution in [0.15, 0.2) is 24.3 Å². The molecule has 6 nitrogen and oxygen atoms in total. The Morgan fingerprint density at radius 2 is 1.69 bits per heavy atom. The van der Waals surface area contributed by atoms with E-state index in [1.165, 1.54) is 6.42 Å². The van der Waals surface area contributed by atoms with E-state index in [9.17, 15) is 9.59 Å². The lowest BCUT2D eigenvalue weighted by Gasteiger charge is -2.43. The second-order valence-electron chi connectivity index (χ2n) is 7.47. The molecule has 2 unspecified atom stereocenters. The van der Waals surface area contributed by atoms with Crippen LogP contribution in [0.25, 0.3) is 0 Å². The fraction of sp³-hybridized carbons (Fsp3) is 0.600. The molecule has 2 bridgehead atoms. The number of amides is 2. The van der Waals surface area contributed by atoms with Gasteiger partial charge in [0.2, 0.25) is 5.91 Å². The highest BCUT2D eigenvalue weighted by Crippen LogP contribution is 2.41. The fourth-order valence-electron chi connectivity index (χ4n) is 4.35. The van der Waals surface area contributed by atoms with Crippen molar-refractivity contribution in [2.45, 2.75) is 38.1 Å². The maximum absolute atomic E-state index is 12.4. The van der Waals surface area contributed by atoms with Gasteiger partial charge in [0.15, 0.2) is 0 Å². The van der Waals surface area contributed by atoms with Crippen molar-refractivity contribution in [2.75, 3.05) is 20.2 Å². The van der Waals surface area contributed by atoms with Gasteiger partial charge in [0.05, 0.1) is 7.11 Å². The lowest BCUT2D eigenvalue weighted by atomic mass is 9.65. The largest absolute Gasteiger partial charge is 0.497 e. The fourth-order valence-corrected chi connectivity index (χ4v) is 4.35. The van der Waals surface area contributed by atoms with Crippen LogP contribution in [-0.4, -0.2) is 38.1 Å². The Morgan fingerprint density at radius 1 is 1.08 bits per heavy atom. The van der Waals surface area contributed by atoms with Crippen LogP contribution in [-0.2, 0) is 4.79 Å². The van der Waals surface area contributed by atoms with Crippen LogP contribution in [0.3, 0.4) is 0 Å². The Morgan fingerprint density at radius 3 is 2.31 bits per heavy atom. The van der Waals surface area contributed by atoms with Crippen LogP contribution in [0.4, 0.5) is 0 Å². The summed E-state index contributed by atoms with van der Waals surface area (Å²) in [7, 11) is 1.59. The minimum Gasteiger partial charge on any atom is -0.497 e. The highest BCUT2D eigenvalue weighted by Gasteiger charge is 2.40. The van der Waals surface area contributed by atoms with Crippen molar-refractivity contribution in [1.82, 2.24) is 10.6 Å². The van der Waals surface area contributed by atoms with Gasteiger partial charge in [-0.2, -0.15) is 0 Å². The van der Waals surface area contributed by atoms with Gasteiger partial charge >= 0.3 is 0 Å². The summed E-state index contributed by atoms with van der Waals surface area (Å²) in [5.41, 5.74) is 6.86. The molecule has 0 aromatic heterocycles. The summed E-state index contributed by atoms with van der Waals surface area (Å²) in [6.07, 6.45) is 5.36. The molecule has 0 aliphatic heterocycles. The predicted molar refractivity (Wildman–Crippen MR) is 99.9 cm³/mol. The second kappa shape index (κ2) is 8.54. The van der Waals surface area contributed by atoms with Gasteiger partial charge in [0, 0.05) is 30.6 Å². The molecular formula is C20H29N3O3. The minimum absolute atomic E-state index is 0.0717. The standard InChI is InChI=1S/C20H29N3O3/c1-26-17-7-5-13(6-8-17)19(24)22-9-10-23-20(25)16-11-14-3-2-4-15(12-16)18(14)21/h5-8,14-16,18H,2-4,9-12,21H2,1H3,(H,22,24)(H,23,25). The van der Waals surface area contributed by atoms with Crippen molar-refractivity contribution in [1.29, 1.82) is 0 Å². The number of methoxy groups -OCH3 is 1. The van der Waals surface area contributed by atoms with E-state index in [4.69, 9.17) is 10.5 Å². The molecule has 0 heterocycles. The number of nitrogens with two attached hydrogens (primary N) is 1. The molecule has 1 aromatic rings. The number of ether oxygens (including phenoxy) is 1. The SMILES string of the molecule is COc1ccc(C(=O)NCCNC(=O)C2CC3CCCC(C2)C3N)cc1. The van der Waals surface area contributed by atoms with E-state index in [-0.39, 0.29) is 23.8 Å². The second-order valence-corrected chi connectivity index (χ2v) is 7.47. The maximum Gasteiger partial charge on any atom is 0.251 e. The van der Waals surface area contributed by atoms with Crippen molar-refractivity contribution in [3.05, 3.63) is 29.8 Å². The van der Waals surface area contributed by atoms with Gasteiger partial charge in [-0.1, -0.05) is 6.42 Å². The maximum atomic E-state index is 12.4. The van der Waals surface area contributed by atoms with E-state index in [0.717, 1.165) is 25.7 Å². The van der Waals surface area contributed by atoms with Gasteiger partial charge in [-0.15, -0.1) is 0 Å². The summed E-state index contributed by atoms with van der Waals surface area (Å²) in [4.78, 5) is 24.5. The van der Waals surface area contributed by atoms with E-state index in [1.807, 2.05) is 0 Å². The Labute approximate surface area is 154 Å². The molecule has 1 aromatic carbocycles. The number of benzene rings is 1. The third kappa shape index (κ3) is 4.36. The van der Waals surface area contributed by atoms with Gasteiger partial charge in [-0.05, 0) is 61.8 Å². The van der Waals surface area contributed by atoms with Crippen LogP contribution in [0.5, 0.6) is 5.75 Å². The molecule has 4 N–H and O–H groups in total. The average molecular weight is 359 g/mol. The highest BCUT2D eigenvalue weighted by atomic mass is 16.5. The molecule has 2 aliphatic carbocycles. The number of nitrogens with one attached hydrogen (secondary N) is 2. The number of carbonyl (C=O) groups is 2. The molecule has 2 fully saturated rings. The Hall–Kier alpha value is -2.08. The molecule has 0 saturated heterocycles. The summed E-state index contributed by atoms with van der Waals surface area (Å²) < 4.78 is 5.08. The van der Waals surface area contributed by atoms with Crippen molar-refractivity contribution in [3.8, 4) is 5.75 Å². The molecule has 3 rings (SSSR count). The van der Waals surface area contributed by atoms with E-state index in [1.54, 1.807) is 31.4 Å². The van der Waals surface area contributed by atoms with Crippen molar-refractivity contribution in [2.24, 2.45) is 23.5 Å². The smallest absolute Gasteiger partial charge is 0.251 e. The topological polar surface area (TPSA) is 93.5 Å². The summed E-state index contributed by atoms with van der Waals surface area (Å²) in [5.74, 6) is 1.72. The molecule has 0 spiro atoms. The third-order valence-electron chi connectivity index (χ3n) is 5.85. The molecule has 2 aliphatic rings. The first-order valence-electron chi connectivity index (χ1n) is 9.54. The first-order valence-corrected chi connectivity index (χ1v) is 9.54. The number of fused-ring (bicyclic) bond motifs is 2. The summed E-state index contributed by atoms with van der Waals surface area (Å²) >= 11 is 0. The average Bonchev–Trinajstić information content (AvgIpc) is 2.64. The molecule has 2 atom stereocenters. The minimum atomic E-state index is -0.153. The zero-order valence-electron chi connectivity index (χ0n) is 15.4. The van der Waals surface area contributed by atoms with E-state index < -0.39 is 0 Å². The number of hydrogen-bond acceptors (Lipinski definition) is 4. The van der Waals surface area contributed by atoms with Crippen LogP contribution >= 0.6 is 0 Å². The van der Waals surface area contributed by atoms with Gasteiger partial charge in [0.25, 0.3) is 5.91 Å². The Bertz CT molecular complexity index is 618. The van der Waals surface area contributed by atoms with Gasteiger partial charge in [-0.3, -0.25) is 9.59 Å². The molecule has 2 amide bonds. The van der Waals surface area contributed by atoms with Gasteiger partial charge in [0.1, 0.15) is 5.75 Å². The van der Waals surface area contributed by atoms with Crippen molar-refractivity contribution >= 4 is 11.8 Å². The molecule has 26 heavy (non-hydrogen) atoms. The quantitative estimate of drug-likeness (QED) is 0.674. The van der Waals surface area contributed by atoms with Crippen LogP contribution in [0.2, 0.25) is 0 Å². The normalized spacial score (nSPS) is 27.5. The summed E-state index contributed by atoms with van der Waals surface area (Å²) in [5, 5.41) is 5.79. The van der Waals surface area contributed by atoms with Crippen LogP contribution in [0.1, 0.15) is 42.5 Å². The van der Waals surface area contributed by atoms with E-state index in [0.29, 0.717) is 36.2 Å². The first kappa shape index (κ1) is 18.7. The number of hydrogen-bond donors (Lipinski definition) is 3. The van der Waals surface area contributed by atoms with E-state index in [2.05, 4.69) is 10.6 Å². The Balaban J connectivity index is 1.39. The third-order valence-corrected chi connectivity index (χ3v) is 5.85. The zero-order valence-corrected chi connectivity index (χ0v) is 15.4. The lowest BCUT2D eigenvalue weighted by molar-refractivity contribution is -0.127. The van der Waals surface area contributed by atoms with Crippen molar-refractivity contribution < 1.29 is 14.3 Å². The molecule has 6 heteroatoms. The zero-order chi connectivity index (χ0) is 18.5. The van der Waals surface area contributed by atoms with Crippen LogP contribution < -0.4 is 21.1 Å². The Kier molecular flexibility index (Phi) is 6.14. The summed E-state index contributed by atoms with van der Waals surface area (Å²) in [6.45, 7) is 0.855. The molecule has 0 radical (unpaired) electrons. The molecular weight excluding hydrogens is 330 g/mol. The highest BCUT2D eigenvalue weighted by molar-refractivity contribution is 5.94.